The molecule has 0 bridgehead atoms. The van der Waals surface area contributed by atoms with E-state index in [1.54, 1.807) is 12.2 Å². The summed E-state index contributed by atoms with van der Waals surface area (Å²) in [6.45, 7) is 2.23. The number of alkyl halides is 3. The third-order valence-corrected chi connectivity index (χ3v) is 5.69. The van der Waals surface area contributed by atoms with Gasteiger partial charge in [0.25, 0.3) is 0 Å². The predicted molar refractivity (Wildman–Crippen MR) is 112 cm³/mol. The van der Waals surface area contributed by atoms with Gasteiger partial charge in [-0.25, -0.2) is 4.99 Å². The topological polar surface area (TPSA) is 69.5 Å². The van der Waals surface area contributed by atoms with E-state index in [1.807, 2.05) is 13.1 Å². The maximum Gasteiger partial charge on any atom is 0.573 e. The van der Waals surface area contributed by atoms with Crippen LogP contribution in [0.15, 0.2) is 70.0 Å². The summed E-state index contributed by atoms with van der Waals surface area (Å²) in [5.74, 6) is -0.150. The second-order valence-electron chi connectivity index (χ2n) is 7.85. The number of aliphatic imine (C=N–C) groups is 2. The number of hydrogen-bond donors (Lipinski definition) is 0. The standard InChI is InChI=1S/C23H24F3N3O3/c1-3-4-5-20-27-18-12-16(30)13-19-22(18,29(20)2)11-10-21(28-19)31-14-15-6-8-17(9-7-15)32-23(24,25)26/h6-13,20,30H,3-5,14H2,1-2H3/p-1. The first-order valence-corrected chi connectivity index (χ1v) is 10.4. The number of rotatable bonds is 6. The molecule has 9 heteroatoms. The van der Waals surface area contributed by atoms with E-state index in [9.17, 15) is 18.3 Å². The Morgan fingerprint density at radius 2 is 1.94 bits per heavy atom. The average molecular weight is 446 g/mol. The monoisotopic (exact) mass is 446 g/mol. The Bertz CT molecular complexity index is 1030. The molecule has 3 aliphatic rings. The molecule has 1 aromatic rings. The molecule has 0 radical (unpaired) electrons. The van der Waals surface area contributed by atoms with Crippen LogP contribution in [-0.2, 0) is 11.3 Å². The number of hydrogen-bond acceptors (Lipinski definition) is 6. The van der Waals surface area contributed by atoms with Gasteiger partial charge >= 0.3 is 6.36 Å². The lowest BCUT2D eigenvalue weighted by Gasteiger charge is -2.40. The van der Waals surface area contributed by atoms with Gasteiger partial charge in [-0.3, -0.25) is 9.89 Å². The first-order valence-electron chi connectivity index (χ1n) is 10.4. The van der Waals surface area contributed by atoms with Gasteiger partial charge < -0.3 is 14.6 Å². The Labute approximate surface area is 184 Å². The highest BCUT2D eigenvalue weighted by atomic mass is 19.4. The number of halogens is 3. The predicted octanol–water partition coefficient (Wildman–Crippen LogP) is 3.85. The van der Waals surface area contributed by atoms with E-state index in [0.717, 1.165) is 19.3 Å². The fourth-order valence-corrected chi connectivity index (χ4v) is 4.07. The fourth-order valence-electron chi connectivity index (χ4n) is 4.07. The first kappa shape index (κ1) is 22.1. The Morgan fingerprint density at radius 1 is 1.19 bits per heavy atom. The molecular formula is C23H23F3N3O3-. The van der Waals surface area contributed by atoms with Crippen LogP contribution in [-0.4, -0.2) is 41.6 Å². The minimum Gasteiger partial charge on any atom is -0.872 e. The van der Waals surface area contributed by atoms with Crippen molar-refractivity contribution in [1.29, 1.82) is 0 Å². The molecule has 2 heterocycles. The molecule has 4 rings (SSSR count). The number of dihydropyridines is 1. The second kappa shape index (κ2) is 8.46. The molecule has 1 spiro atoms. The van der Waals surface area contributed by atoms with E-state index < -0.39 is 11.9 Å². The molecule has 0 amide bonds. The molecule has 32 heavy (non-hydrogen) atoms. The summed E-state index contributed by atoms with van der Waals surface area (Å²) in [4.78, 5) is 11.5. The van der Waals surface area contributed by atoms with Crippen molar-refractivity contribution in [1.82, 2.24) is 4.90 Å². The van der Waals surface area contributed by atoms with Gasteiger partial charge in [-0.05, 0) is 55.5 Å². The SMILES string of the molecule is CCCCC1N=C2C=C([O-])C=C3N=C(OCc4ccc(OC(F)(F)F)cc4)C=CC32N1C. The normalized spacial score (nSPS) is 24.7. The van der Waals surface area contributed by atoms with Gasteiger partial charge in [0.15, 0.2) is 0 Å². The molecular weight excluding hydrogens is 423 g/mol. The summed E-state index contributed by atoms with van der Waals surface area (Å²) in [5.41, 5.74) is 1.20. The minimum absolute atomic E-state index is 0.0322. The van der Waals surface area contributed by atoms with Crippen molar-refractivity contribution in [2.24, 2.45) is 9.98 Å². The maximum atomic E-state index is 12.3. The van der Waals surface area contributed by atoms with E-state index in [0.29, 0.717) is 22.9 Å². The zero-order valence-corrected chi connectivity index (χ0v) is 17.7. The molecule has 0 fully saturated rings. The number of nitrogens with zero attached hydrogens (tertiary/aromatic N) is 3. The summed E-state index contributed by atoms with van der Waals surface area (Å²) in [6, 6.07) is 5.43. The number of benzene rings is 1. The van der Waals surface area contributed by atoms with Crippen LogP contribution in [0.2, 0.25) is 0 Å². The van der Waals surface area contributed by atoms with E-state index in [2.05, 4.69) is 21.6 Å². The lowest BCUT2D eigenvalue weighted by Crippen LogP contribution is -2.52. The Kier molecular flexibility index (Phi) is 5.85. The van der Waals surface area contributed by atoms with Crippen molar-refractivity contribution in [3.63, 3.8) is 0 Å². The zero-order chi connectivity index (χ0) is 22.9. The largest absolute Gasteiger partial charge is 0.872 e. The summed E-state index contributed by atoms with van der Waals surface area (Å²) in [5, 5.41) is 12.2. The summed E-state index contributed by atoms with van der Waals surface area (Å²) < 4.78 is 46.5. The Balaban J connectivity index is 1.47. The highest BCUT2D eigenvalue weighted by Crippen LogP contribution is 2.41. The third-order valence-electron chi connectivity index (χ3n) is 5.69. The number of likely N-dealkylation sites (N-methyl/N-ethyl adjacent to an activating group) is 1. The van der Waals surface area contributed by atoms with Crippen LogP contribution in [0.4, 0.5) is 13.2 Å². The smallest absolute Gasteiger partial charge is 0.573 e. The zero-order valence-electron chi connectivity index (χ0n) is 17.7. The van der Waals surface area contributed by atoms with Crippen LogP contribution in [0, 0.1) is 0 Å². The van der Waals surface area contributed by atoms with Crippen LogP contribution in [0.5, 0.6) is 5.75 Å². The average Bonchev–Trinajstić information content (AvgIpc) is 3.00. The van der Waals surface area contributed by atoms with Crippen LogP contribution in [0.3, 0.4) is 0 Å². The molecule has 0 aromatic heterocycles. The van der Waals surface area contributed by atoms with Gasteiger partial charge in [0.1, 0.15) is 24.1 Å². The summed E-state index contributed by atoms with van der Waals surface area (Å²) in [7, 11) is 1.98. The highest BCUT2D eigenvalue weighted by Gasteiger charge is 2.50. The van der Waals surface area contributed by atoms with Crippen LogP contribution in [0.25, 0.3) is 0 Å². The van der Waals surface area contributed by atoms with Crippen LogP contribution in [0.1, 0.15) is 31.7 Å². The number of allylic oxidation sites excluding steroid dienone is 1. The van der Waals surface area contributed by atoms with Crippen molar-refractivity contribution < 1.29 is 27.8 Å². The molecule has 0 saturated carbocycles. The van der Waals surface area contributed by atoms with Gasteiger partial charge in [0.2, 0.25) is 5.90 Å². The molecule has 1 aliphatic carbocycles. The Hall–Kier alpha value is -3.07. The van der Waals surface area contributed by atoms with E-state index in [-0.39, 0.29) is 24.3 Å². The quantitative estimate of drug-likeness (QED) is 0.666. The number of unbranched alkanes of at least 4 members (excludes halogenated alkanes) is 1. The van der Waals surface area contributed by atoms with Crippen molar-refractivity contribution in [2.75, 3.05) is 7.05 Å². The maximum absolute atomic E-state index is 12.3. The molecule has 2 aliphatic heterocycles. The lowest BCUT2D eigenvalue weighted by atomic mass is 9.83. The van der Waals surface area contributed by atoms with Crippen LogP contribution >= 0.6 is 0 Å². The van der Waals surface area contributed by atoms with Gasteiger partial charge in [-0.15, -0.1) is 18.9 Å². The molecule has 1 aromatic carbocycles. The second-order valence-corrected chi connectivity index (χ2v) is 7.85. The summed E-state index contributed by atoms with van der Waals surface area (Å²) in [6.07, 6.45) is 4.95. The van der Waals surface area contributed by atoms with Gasteiger partial charge in [0.05, 0.1) is 11.4 Å². The molecule has 0 N–H and O–H groups in total. The first-order chi connectivity index (χ1) is 15.2. The van der Waals surface area contributed by atoms with Crippen molar-refractivity contribution in [3.8, 4) is 5.75 Å². The van der Waals surface area contributed by atoms with E-state index in [1.165, 1.54) is 30.3 Å². The molecule has 2 unspecified atom stereocenters. The number of ether oxygens (including phenoxy) is 2. The molecule has 0 saturated heterocycles. The van der Waals surface area contributed by atoms with Gasteiger partial charge in [0, 0.05) is 0 Å². The molecule has 6 nitrogen and oxygen atoms in total. The Morgan fingerprint density at radius 3 is 2.62 bits per heavy atom. The molecule has 170 valence electrons. The summed E-state index contributed by atoms with van der Waals surface area (Å²) >= 11 is 0. The van der Waals surface area contributed by atoms with Gasteiger partial charge in [-0.2, -0.15) is 0 Å². The van der Waals surface area contributed by atoms with E-state index in [4.69, 9.17) is 9.73 Å². The highest BCUT2D eigenvalue weighted by molar-refractivity contribution is 6.11. The lowest BCUT2D eigenvalue weighted by molar-refractivity contribution is -0.295. The fraction of sp³-hybridized carbons (Fsp3) is 0.391. The molecule has 2 atom stereocenters. The van der Waals surface area contributed by atoms with Crippen LogP contribution < -0.4 is 9.84 Å². The van der Waals surface area contributed by atoms with E-state index >= 15 is 0 Å². The third kappa shape index (κ3) is 4.29. The van der Waals surface area contributed by atoms with Crippen molar-refractivity contribution >= 4 is 11.6 Å². The van der Waals surface area contributed by atoms with Crippen molar-refractivity contribution in [2.45, 2.75) is 50.9 Å². The van der Waals surface area contributed by atoms with Gasteiger partial charge in [-0.1, -0.05) is 31.9 Å². The minimum atomic E-state index is -4.73. The van der Waals surface area contributed by atoms with Crippen molar-refractivity contribution in [3.05, 3.63) is 65.6 Å².